The summed E-state index contributed by atoms with van der Waals surface area (Å²) in [5.41, 5.74) is 0.735. The first-order valence-corrected chi connectivity index (χ1v) is 12.0. The van der Waals surface area contributed by atoms with E-state index < -0.39 is 0 Å². The van der Waals surface area contributed by atoms with Gasteiger partial charge in [0.2, 0.25) is 0 Å². The summed E-state index contributed by atoms with van der Waals surface area (Å²) in [6.45, 7) is 6.71. The second kappa shape index (κ2) is 8.63. The van der Waals surface area contributed by atoms with Gasteiger partial charge >= 0.3 is 0 Å². The largest absolute Gasteiger partial charge is 0.378 e. The average molecular weight is 431 g/mol. The van der Waals surface area contributed by atoms with Crippen LogP contribution in [0.1, 0.15) is 23.2 Å². The smallest absolute Gasteiger partial charge is 0.251 e. The lowest BCUT2D eigenvalue weighted by Crippen LogP contribution is -2.57. The van der Waals surface area contributed by atoms with E-state index in [0.29, 0.717) is 12.0 Å². The molecule has 29 heavy (non-hydrogen) atoms. The summed E-state index contributed by atoms with van der Waals surface area (Å²) < 4.78 is 6.43. The molecular formula is C21H26N4O2S2. The van der Waals surface area contributed by atoms with E-state index >= 15 is 0 Å². The summed E-state index contributed by atoms with van der Waals surface area (Å²) in [7, 11) is 0. The first-order valence-electron chi connectivity index (χ1n) is 10.3. The van der Waals surface area contributed by atoms with Gasteiger partial charge in [0.15, 0.2) is 4.34 Å². The van der Waals surface area contributed by atoms with Crippen LogP contribution in [0.3, 0.4) is 0 Å². The Bertz CT molecular complexity index is 843. The molecule has 0 spiro atoms. The quantitative estimate of drug-likeness (QED) is 0.787. The molecule has 6 rings (SSSR count). The van der Waals surface area contributed by atoms with Gasteiger partial charge in [0.05, 0.1) is 13.2 Å². The normalized spacial score (nSPS) is 26.5. The number of hydrogen-bond acceptors (Lipinski definition) is 7. The lowest BCUT2D eigenvalue weighted by atomic mass is 9.84. The predicted molar refractivity (Wildman–Crippen MR) is 116 cm³/mol. The lowest BCUT2D eigenvalue weighted by Gasteiger charge is -2.44. The molecule has 1 atom stereocenters. The number of benzene rings is 1. The number of amides is 1. The highest BCUT2D eigenvalue weighted by atomic mass is 32.2. The van der Waals surface area contributed by atoms with Crippen LogP contribution in [-0.2, 0) is 4.74 Å². The Morgan fingerprint density at radius 1 is 1.14 bits per heavy atom. The van der Waals surface area contributed by atoms with Crippen molar-refractivity contribution in [2.75, 3.05) is 50.8 Å². The van der Waals surface area contributed by atoms with E-state index in [-0.39, 0.29) is 5.91 Å². The van der Waals surface area contributed by atoms with Crippen LogP contribution in [0.15, 0.2) is 38.9 Å². The van der Waals surface area contributed by atoms with Crippen LogP contribution < -0.4 is 10.2 Å². The van der Waals surface area contributed by atoms with E-state index in [0.717, 1.165) is 53.5 Å². The summed E-state index contributed by atoms with van der Waals surface area (Å²) in [6.07, 6.45) is 2.42. The van der Waals surface area contributed by atoms with Gasteiger partial charge in [-0.1, -0.05) is 11.8 Å². The summed E-state index contributed by atoms with van der Waals surface area (Å²) in [4.78, 5) is 23.3. The van der Waals surface area contributed by atoms with Crippen molar-refractivity contribution in [2.24, 2.45) is 5.92 Å². The van der Waals surface area contributed by atoms with Gasteiger partial charge in [0.1, 0.15) is 5.82 Å². The van der Waals surface area contributed by atoms with Gasteiger partial charge in [-0.25, -0.2) is 4.98 Å². The molecular weight excluding hydrogens is 404 g/mol. The van der Waals surface area contributed by atoms with Gasteiger partial charge in [-0.05, 0) is 56.1 Å². The number of hydrogen-bond donors (Lipinski definition) is 1. The molecule has 0 radical (unpaired) electrons. The number of morpholine rings is 1. The minimum atomic E-state index is 0.0455. The molecule has 4 fully saturated rings. The fourth-order valence-corrected chi connectivity index (χ4v) is 6.18. The van der Waals surface area contributed by atoms with Gasteiger partial charge in [-0.3, -0.25) is 4.79 Å². The van der Waals surface area contributed by atoms with Gasteiger partial charge in [-0.15, -0.1) is 11.3 Å². The highest BCUT2D eigenvalue weighted by Gasteiger charge is 2.34. The lowest BCUT2D eigenvalue weighted by molar-refractivity contribution is 0.0620. The van der Waals surface area contributed by atoms with Crippen molar-refractivity contribution in [3.8, 4) is 0 Å². The number of thiazole rings is 1. The van der Waals surface area contributed by atoms with Crippen molar-refractivity contribution in [1.29, 1.82) is 0 Å². The SMILES string of the molecule is O=C(NC1CN2CCC1CC2)c1ccc(Sc2nc(N3CCOCC3)cs2)cc1. The number of piperidine rings is 3. The van der Waals surface area contributed by atoms with Crippen LogP contribution in [-0.4, -0.2) is 67.8 Å². The third kappa shape index (κ3) is 4.45. The first kappa shape index (κ1) is 19.4. The number of nitrogens with one attached hydrogen (secondary N) is 1. The van der Waals surface area contributed by atoms with Crippen molar-refractivity contribution in [2.45, 2.75) is 28.1 Å². The van der Waals surface area contributed by atoms with Crippen LogP contribution in [0.25, 0.3) is 0 Å². The number of nitrogens with zero attached hydrogens (tertiary/aromatic N) is 3. The van der Waals surface area contributed by atoms with Gasteiger partial charge in [0.25, 0.3) is 5.91 Å². The zero-order chi connectivity index (χ0) is 19.6. The van der Waals surface area contributed by atoms with E-state index in [1.165, 1.54) is 25.9 Å². The Labute approximate surface area is 179 Å². The fourth-order valence-electron chi connectivity index (χ4n) is 4.39. The monoisotopic (exact) mass is 430 g/mol. The molecule has 1 aromatic heterocycles. The molecule has 154 valence electrons. The highest BCUT2D eigenvalue weighted by Crippen LogP contribution is 2.33. The molecule has 1 amide bonds. The minimum absolute atomic E-state index is 0.0455. The molecule has 0 saturated carbocycles. The van der Waals surface area contributed by atoms with Crippen LogP contribution in [0.5, 0.6) is 0 Å². The summed E-state index contributed by atoms with van der Waals surface area (Å²) in [6, 6.07) is 8.19. The number of rotatable bonds is 5. The molecule has 5 heterocycles. The van der Waals surface area contributed by atoms with Crippen LogP contribution >= 0.6 is 23.1 Å². The maximum atomic E-state index is 12.7. The number of aromatic nitrogens is 1. The Morgan fingerprint density at radius 3 is 2.59 bits per heavy atom. The van der Waals surface area contributed by atoms with Gasteiger partial charge < -0.3 is 19.9 Å². The second-order valence-electron chi connectivity index (χ2n) is 7.92. The van der Waals surface area contributed by atoms with Crippen LogP contribution in [0, 0.1) is 5.92 Å². The third-order valence-corrected chi connectivity index (χ3v) is 8.03. The summed E-state index contributed by atoms with van der Waals surface area (Å²) in [5, 5.41) is 5.38. The molecule has 4 saturated heterocycles. The zero-order valence-electron chi connectivity index (χ0n) is 16.4. The van der Waals surface area contributed by atoms with Crippen LogP contribution in [0.2, 0.25) is 0 Å². The number of ether oxygens (including phenoxy) is 1. The Hall–Kier alpha value is -1.61. The summed E-state index contributed by atoms with van der Waals surface area (Å²) in [5.74, 6) is 1.72. The van der Waals surface area contributed by atoms with E-state index in [1.807, 2.05) is 24.3 Å². The second-order valence-corrected chi connectivity index (χ2v) is 10.1. The van der Waals surface area contributed by atoms with Gasteiger partial charge in [0, 0.05) is 41.5 Å². The molecule has 1 aromatic carbocycles. The van der Waals surface area contributed by atoms with Gasteiger partial charge in [-0.2, -0.15) is 0 Å². The molecule has 4 aliphatic rings. The van der Waals surface area contributed by atoms with Crippen molar-refractivity contribution in [1.82, 2.24) is 15.2 Å². The fraction of sp³-hybridized carbons (Fsp3) is 0.524. The number of fused-ring (bicyclic) bond motifs is 3. The molecule has 0 aliphatic carbocycles. The number of carbonyl (C=O) groups excluding carboxylic acids is 1. The van der Waals surface area contributed by atoms with E-state index in [1.54, 1.807) is 23.1 Å². The van der Waals surface area contributed by atoms with Crippen molar-refractivity contribution < 1.29 is 9.53 Å². The third-order valence-electron chi connectivity index (χ3n) is 6.10. The number of carbonyl (C=O) groups is 1. The maximum absolute atomic E-state index is 12.7. The zero-order valence-corrected chi connectivity index (χ0v) is 18.0. The van der Waals surface area contributed by atoms with Crippen molar-refractivity contribution >= 4 is 34.8 Å². The molecule has 2 bridgehead atoms. The standard InChI is InChI=1S/C21H26N4O2S2/c26-20(22-18-13-24-7-5-15(18)6-8-24)16-1-3-17(4-2-16)29-21-23-19(14-28-21)25-9-11-27-12-10-25/h1-4,14-15,18H,5-13H2,(H,22,26). The Kier molecular flexibility index (Phi) is 5.76. The molecule has 2 aromatic rings. The van der Waals surface area contributed by atoms with Crippen molar-refractivity contribution in [3.63, 3.8) is 0 Å². The Morgan fingerprint density at radius 2 is 1.90 bits per heavy atom. The summed E-state index contributed by atoms with van der Waals surface area (Å²) >= 11 is 3.31. The molecule has 1 N–H and O–H groups in total. The number of anilines is 1. The maximum Gasteiger partial charge on any atom is 0.251 e. The van der Waals surface area contributed by atoms with Crippen molar-refractivity contribution in [3.05, 3.63) is 35.2 Å². The molecule has 6 nitrogen and oxygen atoms in total. The first-order chi connectivity index (χ1) is 14.2. The minimum Gasteiger partial charge on any atom is -0.378 e. The van der Waals surface area contributed by atoms with E-state index in [4.69, 9.17) is 9.72 Å². The highest BCUT2D eigenvalue weighted by molar-refractivity contribution is 8.01. The molecule has 8 heteroatoms. The molecule has 4 aliphatic heterocycles. The Balaban J connectivity index is 1.18. The topological polar surface area (TPSA) is 57.7 Å². The van der Waals surface area contributed by atoms with E-state index in [2.05, 4.69) is 20.5 Å². The average Bonchev–Trinajstić information content (AvgIpc) is 3.24. The van der Waals surface area contributed by atoms with Crippen LogP contribution in [0.4, 0.5) is 5.82 Å². The molecule has 1 unspecified atom stereocenters. The van der Waals surface area contributed by atoms with E-state index in [9.17, 15) is 4.79 Å². The predicted octanol–water partition coefficient (Wildman–Crippen LogP) is 2.95.